The molecule has 0 aliphatic heterocycles. The first-order valence-corrected chi connectivity index (χ1v) is 23.5. The van der Waals surface area contributed by atoms with Gasteiger partial charge in [-0.3, -0.25) is 0 Å². The predicted molar refractivity (Wildman–Crippen MR) is 289 cm³/mol. The third-order valence-electron chi connectivity index (χ3n) is 13.5. The lowest BCUT2D eigenvalue weighted by molar-refractivity contribution is 0.979. The molecule has 4 nitrogen and oxygen atoms in total. The fraction of sp³-hybridized carbons (Fsp3) is 0. The quantitative estimate of drug-likeness (QED) is 0.144. The van der Waals surface area contributed by atoms with E-state index in [2.05, 4.69) is 281 Å². The normalized spacial score (nSPS) is 11.5. The molecule has 0 radical (unpaired) electrons. The van der Waals surface area contributed by atoms with Crippen molar-refractivity contribution in [2.45, 2.75) is 0 Å². The summed E-state index contributed by atoms with van der Waals surface area (Å²) in [5.41, 5.74) is 18.9. The summed E-state index contributed by atoms with van der Waals surface area (Å²) in [5.74, 6) is 0. The lowest BCUT2D eigenvalue weighted by Crippen LogP contribution is -2.09. The third-order valence-corrected chi connectivity index (χ3v) is 13.5. The van der Waals surface area contributed by atoms with Gasteiger partial charge in [0.2, 0.25) is 0 Å². The molecule has 0 unspecified atom stereocenters. The number of nitrogens with zero attached hydrogens (tertiary/aromatic N) is 4. The lowest BCUT2D eigenvalue weighted by Gasteiger charge is -2.26. The van der Waals surface area contributed by atoms with Gasteiger partial charge in [-0.25, -0.2) is 4.52 Å². The minimum atomic E-state index is 0.938. The monoisotopic (exact) mass is 880 g/mol. The third kappa shape index (κ3) is 7.06. The Labute approximate surface area is 400 Å². The van der Waals surface area contributed by atoms with Gasteiger partial charge in [-0.1, -0.05) is 194 Å². The number of hydrogen-bond acceptors (Lipinski definition) is 2. The molecule has 0 amide bonds. The summed E-state index contributed by atoms with van der Waals surface area (Å²) in [5, 5.41) is 10.3. The van der Waals surface area contributed by atoms with Crippen molar-refractivity contribution in [3.05, 3.63) is 267 Å². The van der Waals surface area contributed by atoms with Crippen LogP contribution in [0.5, 0.6) is 0 Å². The molecule has 0 fully saturated rings. The Morgan fingerprint density at radius 2 is 0.783 bits per heavy atom. The Bertz CT molecular complexity index is 3950. The predicted octanol–water partition coefficient (Wildman–Crippen LogP) is 17.4. The van der Waals surface area contributed by atoms with E-state index in [1.807, 2.05) is 0 Å². The molecule has 0 atom stereocenters. The maximum absolute atomic E-state index is 5.51. The minimum absolute atomic E-state index is 0.938. The van der Waals surface area contributed by atoms with E-state index in [0.717, 1.165) is 67.5 Å². The van der Waals surface area contributed by atoms with Crippen molar-refractivity contribution in [1.82, 2.24) is 14.2 Å². The van der Waals surface area contributed by atoms with Crippen LogP contribution in [0.1, 0.15) is 0 Å². The molecule has 69 heavy (non-hydrogen) atoms. The van der Waals surface area contributed by atoms with Crippen LogP contribution in [0, 0.1) is 0 Å². The number of benzene rings is 10. The molecule has 0 N–H and O–H groups in total. The lowest BCUT2D eigenvalue weighted by atomic mass is 9.96. The second-order valence-corrected chi connectivity index (χ2v) is 17.6. The van der Waals surface area contributed by atoms with E-state index < -0.39 is 0 Å². The van der Waals surface area contributed by atoms with Gasteiger partial charge in [0.25, 0.3) is 0 Å². The number of aromatic nitrogens is 3. The van der Waals surface area contributed by atoms with Crippen LogP contribution < -0.4 is 4.90 Å². The molecule has 13 rings (SSSR count). The zero-order valence-electron chi connectivity index (χ0n) is 37.7. The summed E-state index contributed by atoms with van der Waals surface area (Å²) in [6.07, 6.45) is 0. The van der Waals surface area contributed by atoms with Crippen molar-refractivity contribution in [3.8, 4) is 61.6 Å². The molecule has 0 spiro atoms. The largest absolute Gasteiger partial charge is 0.311 e. The Kier molecular flexibility index (Phi) is 9.80. The molecule has 10 aromatic carbocycles. The van der Waals surface area contributed by atoms with Crippen molar-refractivity contribution in [1.29, 1.82) is 0 Å². The van der Waals surface area contributed by atoms with Crippen LogP contribution in [0.25, 0.3) is 99.7 Å². The van der Waals surface area contributed by atoms with Crippen LogP contribution in [0.3, 0.4) is 0 Å². The summed E-state index contributed by atoms with van der Waals surface area (Å²) >= 11 is 0. The van der Waals surface area contributed by atoms with Crippen molar-refractivity contribution >= 4 is 55.2 Å². The first kappa shape index (κ1) is 40.1. The van der Waals surface area contributed by atoms with Crippen molar-refractivity contribution in [3.63, 3.8) is 0 Å². The van der Waals surface area contributed by atoms with Crippen LogP contribution in [0.4, 0.5) is 17.1 Å². The van der Waals surface area contributed by atoms with Gasteiger partial charge < -0.3 is 9.47 Å². The maximum atomic E-state index is 5.51. The SMILES string of the molecule is c1ccc(-c2ccc(N(c3ccc(-c4ccc5c(c4)c4ccccc4n5-c4ccccc4)cc3)c3ccc(-c4nn5c(-c6ccccc6)cc6ccccc6c5c4-c4ccccc4)cc3)cc2)cc1. The first-order valence-electron chi connectivity index (χ1n) is 23.5. The van der Waals surface area contributed by atoms with Crippen molar-refractivity contribution < 1.29 is 0 Å². The standard InChI is InChI=1S/C65H44N4/c1-5-17-45(18-6-1)46-29-36-54(37-30-46)67(55-38-31-47(32-39-55)51-35-42-61-59(43-51)58-27-15-16-28-60(58)68(61)53-24-11-4-12-25-53)56-40-33-50(34-41-56)64-63(49-21-9-3-10-22-49)65-57-26-14-13-23-52(57)44-62(69(65)66-64)48-19-7-2-8-20-48/h1-44H. The Morgan fingerprint density at radius 1 is 0.319 bits per heavy atom. The zero-order valence-corrected chi connectivity index (χ0v) is 37.7. The summed E-state index contributed by atoms with van der Waals surface area (Å²) < 4.78 is 4.52. The van der Waals surface area contributed by atoms with E-state index in [1.54, 1.807) is 0 Å². The highest BCUT2D eigenvalue weighted by Gasteiger charge is 2.23. The van der Waals surface area contributed by atoms with E-state index >= 15 is 0 Å². The fourth-order valence-electron chi connectivity index (χ4n) is 10.2. The molecule has 0 bridgehead atoms. The molecule has 0 saturated heterocycles. The first-order chi connectivity index (χ1) is 34.2. The molecule has 0 aliphatic rings. The highest BCUT2D eigenvalue weighted by Crippen LogP contribution is 2.43. The van der Waals surface area contributed by atoms with Crippen LogP contribution >= 0.6 is 0 Å². The maximum Gasteiger partial charge on any atom is 0.101 e. The van der Waals surface area contributed by atoms with Gasteiger partial charge in [-0.05, 0) is 106 Å². The second-order valence-electron chi connectivity index (χ2n) is 17.6. The molecule has 0 aliphatic carbocycles. The highest BCUT2D eigenvalue weighted by molar-refractivity contribution is 6.11. The van der Waals surface area contributed by atoms with Crippen LogP contribution in [-0.2, 0) is 0 Å². The Morgan fingerprint density at radius 3 is 1.42 bits per heavy atom. The van der Waals surface area contributed by atoms with Gasteiger partial charge in [0.05, 0.1) is 22.2 Å². The smallest absolute Gasteiger partial charge is 0.101 e. The Balaban J connectivity index is 0.927. The van der Waals surface area contributed by atoms with Gasteiger partial charge in [-0.15, -0.1) is 0 Å². The van der Waals surface area contributed by atoms with Crippen molar-refractivity contribution in [2.24, 2.45) is 0 Å². The van der Waals surface area contributed by atoms with E-state index in [-0.39, 0.29) is 0 Å². The Hall–Kier alpha value is -9.25. The van der Waals surface area contributed by atoms with E-state index in [4.69, 9.17) is 5.10 Å². The molecule has 4 heteroatoms. The minimum Gasteiger partial charge on any atom is -0.311 e. The number of pyridine rings is 1. The molecule has 3 aromatic heterocycles. The van der Waals surface area contributed by atoms with Crippen molar-refractivity contribution in [2.75, 3.05) is 4.90 Å². The summed E-state index contributed by atoms with van der Waals surface area (Å²) in [6, 6.07) is 95.8. The molecule has 13 aromatic rings. The van der Waals surface area contributed by atoms with Crippen LogP contribution in [0.2, 0.25) is 0 Å². The zero-order chi connectivity index (χ0) is 45.7. The number of hydrogen-bond donors (Lipinski definition) is 0. The van der Waals surface area contributed by atoms with Gasteiger partial charge in [0, 0.05) is 55.6 Å². The van der Waals surface area contributed by atoms with E-state index in [0.29, 0.717) is 0 Å². The highest BCUT2D eigenvalue weighted by atomic mass is 15.2. The number of fused-ring (bicyclic) bond motifs is 6. The topological polar surface area (TPSA) is 25.5 Å². The second kappa shape index (κ2) is 16.9. The van der Waals surface area contributed by atoms with Gasteiger partial charge in [0.1, 0.15) is 5.69 Å². The molecular formula is C65H44N4. The van der Waals surface area contributed by atoms with E-state index in [1.165, 1.54) is 49.3 Å². The fourth-order valence-corrected chi connectivity index (χ4v) is 10.2. The summed E-state index contributed by atoms with van der Waals surface area (Å²) in [6.45, 7) is 0. The molecular weight excluding hydrogens is 837 g/mol. The number of anilines is 3. The average Bonchev–Trinajstić information content (AvgIpc) is 3.99. The van der Waals surface area contributed by atoms with Gasteiger partial charge in [-0.2, -0.15) is 5.10 Å². The molecule has 3 heterocycles. The van der Waals surface area contributed by atoms with Crippen LogP contribution in [0.15, 0.2) is 267 Å². The van der Waals surface area contributed by atoms with Gasteiger partial charge >= 0.3 is 0 Å². The average molecular weight is 881 g/mol. The number of rotatable bonds is 9. The van der Waals surface area contributed by atoms with Gasteiger partial charge in [0.15, 0.2) is 0 Å². The molecule has 324 valence electrons. The number of para-hydroxylation sites is 2. The molecule has 0 saturated carbocycles. The van der Waals surface area contributed by atoms with E-state index in [9.17, 15) is 0 Å². The summed E-state index contributed by atoms with van der Waals surface area (Å²) in [4.78, 5) is 2.35. The summed E-state index contributed by atoms with van der Waals surface area (Å²) in [7, 11) is 0. The van der Waals surface area contributed by atoms with Crippen LogP contribution in [-0.4, -0.2) is 14.2 Å².